The van der Waals surface area contributed by atoms with Crippen LogP contribution in [0, 0.1) is 6.92 Å². The van der Waals surface area contributed by atoms with Gasteiger partial charge in [0.15, 0.2) is 0 Å². The Morgan fingerprint density at radius 1 is 1.27 bits per heavy atom. The summed E-state index contributed by atoms with van der Waals surface area (Å²) >= 11 is 1.57. The number of fused-ring (bicyclic) bond motifs is 1. The molecule has 0 fully saturated rings. The van der Waals surface area contributed by atoms with Crippen LogP contribution in [0.1, 0.15) is 27.2 Å². The highest BCUT2D eigenvalue weighted by molar-refractivity contribution is 7.13. The molecule has 0 unspecified atom stereocenters. The fourth-order valence-corrected chi connectivity index (χ4v) is 3.88. The average Bonchev–Trinajstić information content (AvgIpc) is 3.24. The monoisotopic (exact) mass is 363 g/mol. The SMILES string of the molecule is Cc1ccccc1-c1nc(CNC(=O)c2ccc3c(c2)CC(=O)N3)cs1. The van der Waals surface area contributed by atoms with Gasteiger partial charge in [0.1, 0.15) is 5.01 Å². The van der Waals surface area contributed by atoms with E-state index in [4.69, 9.17) is 0 Å². The molecule has 130 valence electrons. The number of carbonyl (C=O) groups excluding carboxylic acids is 2. The Hall–Kier alpha value is -2.99. The highest BCUT2D eigenvalue weighted by Gasteiger charge is 2.19. The van der Waals surface area contributed by atoms with Crippen LogP contribution in [0.3, 0.4) is 0 Å². The molecule has 0 saturated carbocycles. The van der Waals surface area contributed by atoms with Crippen LogP contribution in [0.5, 0.6) is 0 Å². The lowest BCUT2D eigenvalue weighted by atomic mass is 10.1. The second-order valence-electron chi connectivity index (χ2n) is 6.24. The Bertz CT molecular complexity index is 1010. The van der Waals surface area contributed by atoms with E-state index in [-0.39, 0.29) is 11.8 Å². The maximum absolute atomic E-state index is 12.4. The number of nitrogens with zero attached hydrogens (tertiary/aromatic N) is 1. The molecule has 2 amide bonds. The fraction of sp³-hybridized carbons (Fsp3) is 0.150. The van der Waals surface area contributed by atoms with Crippen molar-refractivity contribution in [3.63, 3.8) is 0 Å². The normalized spacial score (nSPS) is 12.6. The minimum atomic E-state index is -0.169. The molecule has 0 atom stereocenters. The molecule has 3 aromatic rings. The number of hydrogen-bond acceptors (Lipinski definition) is 4. The summed E-state index contributed by atoms with van der Waals surface area (Å²) in [6, 6.07) is 13.4. The first-order valence-corrected chi connectivity index (χ1v) is 9.19. The Balaban J connectivity index is 1.43. The lowest BCUT2D eigenvalue weighted by molar-refractivity contribution is -0.115. The van der Waals surface area contributed by atoms with E-state index in [1.54, 1.807) is 29.5 Å². The Labute approximate surface area is 155 Å². The molecule has 0 bridgehead atoms. The molecule has 26 heavy (non-hydrogen) atoms. The van der Waals surface area contributed by atoms with Crippen molar-refractivity contribution in [2.75, 3.05) is 5.32 Å². The topological polar surface area (TPSA) is 71.1 Å². The molecule has 2 N–H and O–H groups in total. The van der Waals surface area contributed by atoms with Crippen molar-refractivity contribution in [1.82, 2.24) is 10.3 Å². The third kappa shape index (κ3) is 3.23. The second kappa shape index (κ2) is 6.72. The molecule has 6 heteroatoms. The molecule has 0 spiro atoms. The number of aryl methyl sites for hydroxylation is 1. The van der Waals surface area contributed by atoms with Crippen LogP contribution in [0.2, 0.25) is 0 Å². The molecular weight excluding hydrogens is 346 g/mol. The van der Waals surface area contributed by atoms with Gasteiger partial charge in [0, 0.05) is 22.2 Å². The maximum atomic E-state index is 12.4. The van der Waals surface area contributed by atoms with Crippen molar-refractivity contribution < 1.29 is 9.59 Å². The number of thiazole rings is 1. The first kappa shape index (κ1) is 16.5. The van der Waals surface area contributed by atoms with Gasteiger partial charge in [-0.05, 0) is 36.2 Å². The summed E-state index contributed by atoms with van der Waals surface area (Å²) in [5.41, 5.74) is 5.32. The van der Waals surface area contributed by atoms with Gasteiger partial charge in [0.2, 0.25) is 5.91 Å². The highest BCUT2D eigenvalue weighted by atomic mass is 32.1. The smallest absolute Gasteiger partial charge is 0.251 e. The maximum Gasteiger partial charge on any atom is 0.251 e. The number of anilines is 1. The lowest BCUT2D eigenvalue weighted by Crippen LogP contribution is -2.23. The molecule has 0 radical (unpaired) electrons. The minimum Gasteiger partial charge on any atom is -0.346 e. The number of nitrogens with one attached hydrogen (secondary N) is 2. The van der Waals surface area contributed by atoms with Crippen molar-refractivity contribution in [2.45, 2.75) is 19.9 Å². The number of carbonyl (C=O) groups is 2. The predicted octanol–water partition coefficient (Wildman–Crippen LogP) is 3.54. The number of aromatic nitrogens is 1. The summed E-state index contributed by atoms with van der Waals surface area (Å²) in [6.45, 7) is 2.43. The van der Waals surface area contributed by atoms with E-state index in [0.717, 1.165) is 27.5 Å². The summed E-state index contributed by atoms with van der Waals surface area (Å²) in [5, 5.41) is 8.58. The summed E-state index contributed by atoms with van der Waals surface area (Å²) in [4.78, 5) is 28.4. The quantitative estimate of drug-likeness (QED) is 0.745. The Kier molecular flexibility index (Phi) is 4.26. The Morgan fingerprint density at radius 3 is 2.96 bits per heavy atom. The van der Waals surface area contributed by atoms with Gasteiger partial charge >= 0.3 is 0 Å². The molecule has 2 heterocycles. The molecule has 5 nitrogen and oxygen atoms in total. The molecule has 2 aromatic carbocycles. The summed E-state index contributed by atoms with van der Waals surface area (Å²) in [5.74, 6) is -0.207. The third-order valence-electron chi connectivity index (χ3n) is 4.35. The van der Waals surface area contributed by atoms with Crippen LogP contribution in [0.15, 0.2) is 47.8 Å². The van der Waals surface area contributed by atoms with Crippen molar-refractivity contribution in [3.8, 4) is 10.6 Å². The van der Waals surface area contributed by atoms with Crippen LogP contribution in [-0.2, 0) is 17.8 Å². The van der Waals surface area contributed by atoms with Crippen molar-refractivity contribution in [1.29, 1.82) is 0 Å². The van der Waals surface area contributed by atoms with Gasteiger partial charge in [0.25, 0.3) is 5.91 Å². The van der Waals surface area contributed by atoms with E-state index >= 15 is 0 Å². The molecule has 4 rings (SSSR count). The number of rotatable bonds is 4. The van der Waals surface area contributed by atoms with Crippen molar-refractivity contribution in [2.24, 2.45) is 0 Å². The van der Waals surface area contributed by atoms with E-state index in [9.17, 15) is 9.59 Å². The van der Waals surface area contributed by atoms with Crippen LogP contribution in [0.25, 0.3) is 10.6 Å². The Morgan fingerprint density at radius 2 is 2.12 bits per heavy atom. The summed E-state index contributed by atoms with van der Waals surface area (Å²) in [6.07, 6.45) is 0.322. The van der Waals surface area contributed by atoms with Gasteiger partial charge in [-0.1, -0.05) is 24.3 Å². The van der Waals surface area contributed by atoms with Crippen LogP contribution < -0.4 is 10.6 Å². The number of benzene rings is 2. The van der Waals surface area contributed by atoms with Gasteiger partial charge in [0.05, 0.1) is 18.7 Å². The number of amides is 2. The zero-order valence-electron chi connectivity index (χ0n) is 14.2. The molecule has 1 aromatic heterocycles. The van der Waals surface area contributed by atoms with E-state index in [0.29, 0.717) is 18.5 Å². The molecule has 0 aliphatic carbocycles. The van der Waals surface area contributed by atoms with Gasteiger partial charge in [-0.15, -0.1) is 11.3 Å². The van der Waals surface area contributed by atoms with E-state index in [2.05, 4.69) is 34.7 Å². The number of hydrogen-bond donors (Lipinski definition) is 2. The molecule has 1 aliphatic rings. The highest BCUT2D eigenvalue weighted by Crippen LogP contribution is 2.27. The zero-order chi connectivity index (χ0) is 18.1. The van der Waals surface area contributed by atoms with Gasteiger partial charge < -0.3 is 10.6 Å². The zero-order valence-corrected chi connectivity index (χ0v) is 15.0. The first-order chi connectivity index (χ1) is 12.6. The van der Waals surface area contributed by atoms with Crippen molar-refractivity contribution >= 4 is 28.8 Å². The predicted molar refractivity (Wildman–Crippen MR) is 102 cm³/mol. The van der Waals surface area contributed by atoms with E-state index in [1.807, 2.05) is 17.5 Å². The van der Waals surface area contributed by atoms with E-state index in [1.165, 1.54) is 5.56 Å². The van der Waals surface area contributed by atoms with E-state index < -0.39 is 0 Å². The van der Waals surface area contributed by atoms with Gasteiger partial charge in [-0.25, -0.2) is 4.98 Å². The summed E-state index contributed by atoms with van der Waals surface area (Å²) in [7, 11) is 0. The molecule has 1 aliphatic heterocycles. The third-order valence-corrected chi connectivity index (χ3v) is 5.27. The second-order valence-corrected chi connectivity index (χ2v) is 7.10. The first-order valence-electron chi connectivity index (χ1n) is 8.31. The van der Waals surface area contributed by atoms with Gasteiger partial charge in [-0.3, -0.25) is 9.59 Å². The van der Waals surface area contributed by atoms with Crippen LogP contribution in [0.4, 0.5) is 5.69 Å². The minimum absolute atomic E-state index is 0.0382. The van der Waals surface area contributed by atoms with Crippen LogP contribution in [-0.4, -0.2) is 16.8 Å². The average molecular weight is 363 g/mol. The van der Waals surface area contributed by atoms with Gasteiger partial charge in [-0.2, -0.15) is 0 Å². The lowest BCUT2D eigenvalue weighted by Gasteiger charge is -2.05. The standard InChI is InChI=1S/C20H17N3O2S/c1-12-4-2-3-5-16(12)20-22-15(11-26-20)10-21-19(25)13-6-7-17-14(8-13)9-18(24)23-17/h2-8,11H,9-10H2,1H3,(H,21,25)(H,23,24). The largest absolute Gasteiger partial charge is 0.346 e. The molecular formula is C20H17N3O2S. The molecule has 0 saturated heterocycles. The summed E-state index contributed by atoms with van der Waals surface area (Å²) < 4.78 is 0. The fourth-order valence-electron chi connectivity index (χ4n) is 2.97. The van der Waals surface area contributed by atoms with Crippen molar-refractivity contribution in [3.05, 3.63) is 70.2 Å². The van der Waals surface area contributed by atoms with Crippen LogP contribution >= 0.6 is 11.3 Å².